The predicted octanol–water partition coefficient (Wildman–Crippen LogP) is 7.45. The Hall–Kier alpha value is -0.130. The minimum Gasteiger partial charge on any atom is -0.392 e. The molecule has 0 aliphatic rings. The molecule has 0 heterocycles. The van der Waals surface area contributed by atoms with Gasteiger partial charge in [0.25, 0.3) is 10.1 Å². The van der Waals surface area contributed by atoms with Crippen molar-refractivity contribution in [3.63, 3.8) is 0 Å². The van der Waals surface area contributed by atoms with Crippen molar-refractivity contribution in [1.82, 2.24) is 0 Å². The maximum Gasteiger partial charge on any atom is 0.270 e. The minimum absolute atomic E-state index is 0.365. The first-order chi connectivity index (χ1) is 13.9. The Kier molecular flexibility index (Phi) is 19.7. The van der Waals surface area contributed by atoms with Crippen LogP contribution >= 0.6 is 0 Å². The largest absolute Gasteiger partial charge is 0.392 e. The number of hydrogen-bond acceptors (Lipinski definition) is 3. The lowest BCUT2D eigenvalue weighted by Gasteiger charge is -2.20. The average molecular weight is 435 g/mol. The molecular formula is C24H50O4S. The fourth-order valence-corrected chi connectivity index (χ4v) is 5.04. The lowest BCUT2D eigenvalue weighted by atomic mass is 10.0. The van der Waals surface area contributed by atoms with Gasteiger partial charge in [-0.05, 0) is 12.8 Å². The van der Waals surface area contributed by atoms with Gasteiger partial charge >= 0.3 is 0 Å². The average Bonchev–Trinajstić information content (AvgIpc) is 2.67. The van der Waals surface area contributed by atoms with Crippen LogP contribution in [0.1, 0.15) is 142 Å². The second-order valence-electron chi connectivity index (χ2n) is 8.85. The van der Waals surface area contributed by atoms with Gasteiger partial charge in [0.1, 0.15) is 5.25 Å². The van der Waals surface area contributed by atoms with Crippen LogP contribution in [0.15, 0.2) is 0 Å². The van der Waals surface area contributed by atoms with Crippen molar-refractivity contribution in [3.8, 4) is 0 Å². The summed E-state index contributed by atoms with van der Waals surface area (Å²) in [5, 5.41) is 9.29. The Morgan fingerprint density at radius 1 is 0.552 bits per heavy atom. The summed E-state index contributed by atoms with van der Waals surface area (Å²) < 4.78 is 32.8. The van der Waals surface area contributed by atoms with Gasteiger partial charge in [0, 0.05) is 0 Å². The molecule has 0 aliphatic heterocycles. The molecule has 0 fully saturated rings. The Labute approximate surface area is 182 Å². The Bertz CT molecular complexity index is 436. The standard InChI is InChI=1S/C24H50O4S/c1-3-5-7-9-11-12-13-14-15-16-17-19-21-23(25)24(29(26,27)28)22-20-18-10-8-6-4-2/h23-25H,3-22H2,1-2H3,(H,26,27,28). The number of aliphatic hydroxyl groups is 1. The predicted molar refractivity (Wildman–Crippen MR) is 125 cm³/mol. The maximum absolute atomic E-state index is 11.7. The van der Waals surface area contributed by atoms with Gasteiger partial charge in [-0.3, -0.25) is 4.55 Å². The molecule has 29 heavy (non-hydrogen) atoms. The van der Waals surface area contributed by atoms with Crippen molar-refractivity contribution in [3.05, 3.63) is 0 Å². The van der Waals surface area contributed by atoms with Gasteiger partial charge in [0.15, 0.2) is 0 Å². The maximum atomic E-state index is 11.7. The summed E-state index contributed by atoms with van der Waals surface area (Å²) in [5.74, 6) is 0. The van der Waals surface area contributed by atoms with Gasteiger partial charge in [-0.1, -0.05) is 129 Å². The molecule has 2 atom stereocenters. The van der Waals surface area contributed by atoms with Crippen LogP contribution < -0.4 is 0 Å². The van der Waals surface area contributed by atoms with E-state index in [1.165, 1.54) is 77.0 Å². The third-order valence-corrected chi connectivity index (χ3v) is 7.32. The Balaban J connectivity index is 3.77. The molecule has 0 saturated heterocycles. The van der Waals surface area contributed by atoms with Crippen LogP contribution in [0, 0.1) is 0 Å². The summed E-state index contributed by atoms with van der Waals surface area (Å²) in [6, 6.07) is 0. The van der Waals surface area contributed by atoms with Gasteiger partial charge < -0.3 is 5.11 Å². The zero-order chi connectivity index (χ0) is 21.8. The summed E-state index contributed by atoms with van der Waals surface area (Å²) >= 11 is 0. The van der Waals surface area contributed by atoms with Crippen molar-refractivity contribution < 1.29 is 18.1 Å². The zero-order valence-corrected chi connectivity index (χ0v) is 20.2. The lowest BCUT2D eigenvalue weighted by molar-refractivity contribution is 0.146. The second-order valence-corrected chi connectivity index (χ2v) is 10.5. The van der Waals surface area contributed by atoms with Crippen LogP contribution in [0.5, 0.6) is 0 Å². The van der Waals surface area contributed by atoms with E-state index in [4.69, 9.17) is 0 Å². The molecule has 5 heteroatoms. The molecule has 0 aromatic rings. The highest BCUT2D eigenvalue weighted by molar-refractivity contribution is 7.86. The molecule has 2 N–H and O–H groups in total. The van der Waals surface area contributed by atoms with E-state index < -0.39 is 21.5 Å². The third kappa shape index (κ3) is 18.4. The van der Waals surface area contributed by atoms with Gasteiger partial charge in [0.2, 0.25) is 0 Å². The molecule has 4 nitrogen and oxygen atoms in total. The summed E-state index contributed by atoms with van der Waals surface area (Å²) in [7, 11) is -4.18. The van der Waals surface area contributed by atoms with Crippen molar-refractivity contribution in [2.45, 2.75) is 154 Å². The van der Waals surface area contributed by atoms with E-state index in [2.05, 4.69) is 13.8 Å². The zero-order valence-electron chi connectivity index (χ0n) is 19.4. The van der Waals surface area contributed by atoms with Crippen molar-refractivity contribution >= 4 is 10.1 Å². The molecule has 0 saturated carbocycles. The number of hydrogen-bond donors (Lipinski definition) is 2. The molecule has 0 aliphatic carbocycles. The van der Waals surface area contributed by atoms with Crippen LogP contribution in [-0.4, -0.2) is 29.4 Å². The molecule has 0 bridgehead atoms. The Morgan fingerprint density at radius 2 is 0.862 bits per heavy atom. The number of rotatable bonds is 22. The molecule has 0 aromatic heterocycles. The van der Waals surface area contributed by atoms with E-state index in [-0.39, 0.29) is 0 Å². The van der Waals surface area contributed by atoms with Crippen LogP contribution in [-0.2, 0) is 10.1 Å². The minimum atomic E-state index is -4.18. The monoisotopic (exact) mass is 434 g/mol. The van der Waals surface area contributed by atoms with Crippen LogP contribution in [0.4, 0.5) is 0 Å². The van der Waals surface area contributed by atoms with Crippen molar-refractivity contribution in [2.24, 2.45) is 0 Å². The topological polar surface area (TPSA) is 74.6 Å². The smallest absolute Gasteiger partial charge is 0.270 e. The molecule has 176 valence electrons. The first kappa shape index (κ1) is 28.9. The van der Waals surface area contributed by atoms with E-state index in [9.17, 15) is 18.1 Å². The first-order valence-corrected chi connectivity index (χ1v) is 14.1. The first-order valence-electron chi connectivity index (χ1n) is 12.6. The van der Waals surface area contributed by atoms with E-state index in [0.29, 0.717) is 12.8 Å². The molecule has 0 radical (unpaired) electrons. The molecule has 2 unspecified atom stereocenters. The van der Waals surface area contributed by atoms with Gasteiger partial charge in [-0.15, -0.1) is 0 Å². The SMILES string of the molecule is CCCCCCCCCCCCCCC(O)C(CCCCCCCC)S(=O)(=O)O. The van der Waals surface area contributed by atoms with Crippen LogP contribution in [0.3, 0.4) is 0 Å². The second kappa shape index (κ2) is 19.8. The van der Waals surface area contributed by atoms with Crippen molar-refractivity contribution in [2.75, 3.05) is 0 Å². The number of unbranched alkanes of at least 4 members (excludes halogenated alkanes) is 16. The van der Waals surface area contributed by atoms with Gasteiger partial charge in [-0.2, -0.15) is 8.42 Å². The van der Waals surface area contributed by atoms with Gasteiger partial charge in [0.05, 0.1) is 6.10 Å². The number of aliphatic hydroxyl groups excluding tert-OH is 1. The highest BCUT2D eigenvalue weighted by Crippen LogP contribution is 2.20. The molecule has 0 rings (SSSR count). The van der Waals surface area contributed by atoms with E-state index in [1.807, 2.05) is 0 Å². The van der Waals surface area contributed by atoms with E-state index in [1.54, 1.807) is 0 Å². The highest BCUT2D eigenvalue weighted by Gasteiger charge is 2.29. The summed E-state index contributed by atoms with van der Waals surface area (Å²) in [6.07, 6.45) is 21.3. The quantitative estimate of drug-likeness (QED) is 0.137. The van der Waals surface area contributed by atoms with Gasteiger partial charge in [-0.25, -0.2) is 0 Å². The van der Waals surface area contributed by atoms with Crippen LogP contribution in [0.2, 0.25) is 0 Å². The molecule has 0 spiro atoms. The van der Waals surface area contributed by atoms with E-state index in [0.717, 1.165) is 38.5 Å². The van der Waals surface area contributed by atoms with Crippen LogP contribution in [0.25, 0.3) is 0 Å². The molecular weight excluding hydrogens is 384 g/mol. The normalized spacial score (nSPS) is 14.2. The lowest BCUT2D eigenvalue weighted by Crippen LogP contribution is -2.33. The summed E-state index contributed by atoms with van der Waals surface area (Å²) in [4.78, 5) is 0. The van der Waals surface area contributed by atoms with Crippen molar-refractivity contribution in [1.29, 1.82) is 0 Å². The fraction of sp³-hybridized carbons (Fsp3) is 1.00. The fourth-order valence-electron chi connectivity index (χ4n) is 4.05. The summed E-state index contributed by atoms with van der Waals surface area (Å²) in [6.45, 7) is 4.41. The molecule has 0 aromatic carbocycles. The molecule has 0 amide bonds. The highest BCUT2D eigenvalue weighted by atomic mass is 32.2. The van der Waals surface area contributed by atoms with E-state index >= 15 is 0 Å². The summed E-state index contributed by atoms with van der Waals surface area (Å²) in [5.41, 5.74) is 0. The Morgan fingerprint density at radius 3 is 1.21 bits per heavy atom. The third-order valence-electron chi connectivity index (χ3n) is 6.01.